The summed E-state index contributed by atoms with van der Waals surface area (Å²) in [5.74, 6) is 0.519. The molecular weight excluding hydrogens is 290 g/mol. The Bertz CT molecular complexity index is 480. The van der Waals surface area contributed by atoms with Crippen molar-refractivity contribution in [2.75, 3.05) is 5.73 Å². The molecule has 0 radical (unpaired) electrons. The van der Waals surface area contributed by atoms with Gasteiger partial charge in [0.25, 0.3) is 0 Å². The number of thiol groups is 1. The van der Waals surface area contributed by atoms with E-state index in [1.807, 2.05) is 18.2 Å². The third-order valence-electron chi connectivity index (χ3n) is 2.07. The first-order chi connectivity index (χ1) is 7.66. The Morgan fingerprint density at radius 1 is 1.44 bits per heavy atom. The molecule has 0 saturated heterocycles. The van der Waals surface area contributed by atoms with Gasteiger partial charge < -0.3 is 10.5 Å². The maximum Gasteiger partial charge on any atom is 0.234 e. The molecule has 2 rings (SSSR count). The summed E-state index contributed by atoms with van der Waals surface area (Å²) in [4.78, 5) is 0. The van der Waals surface area contributed by atoms with Crippen LogP contribution in [0.5, 0.6) is 5.88 Å². The molecular formula is C10H10BrN3OS. The van der Waals surface area contributed by atoms with E-state index in [1.165, 1.54) is 4.09 Å². The summed E-state index contributed by atoms with van der Waals surface area (Å²) in [6.07, 6.45) is 1.70. The van der Waals surface area contributed by atoms with Crippen LogP contribution in [0.1, 0.15) is 5.56 Å². The molecule has 16 heavy (non-hydrogen) atoms. The molecule has 0 bridgehead atoms. The molecule has 6 heteroatoms. The van der Waals surface area contributed by atoms with E-state index in [-0.39, 0.29) is 0 Å². The third kappa shape index (κ3) is 2.51. The fraction of sp³-hybridized carbons (Fsp3) is 0.100. The standard InChI is InChI=1S/C10H10BrN3OS/c11-8-2-1-3-9(12)7(8)6-15-10-4-5-14(16)13-10/h1-5,16H,6,12H2. The van der Waals surface area contributed by atoms with Crippen LogP contribution in [0.25, 0.3) is 0 Å². The maximum absolute atomic E-state index is 5.84. The molecule has 84 valence electrons. The summed E-state index contributed by atoms with van der Waals surface area (Å²) in [5.41, 5.74) is 7.45. The van der Waals surface area contributed by atoms with E-state index in [0.717, 1.165) is 10.0 Å². The van der Waals surface area contributed by atoms with Crippen LogP contribution in [0.4, 0.5) is 5.69 Å². The molecule has 4 nitrogen and oxygen atoms in total. The van der Waals surface area contributed by atoms with Crippen LogP contribution in [0.2, 0.25) is 0 Å². The minimum atomic E-state index is 0.373. The lowest BCUT2D eigenvalue weighted by molar-refractivity contribution is 0.293. The van der Waals surface area contributed by atoms with Crippen molar-refractivity contribution >= 4 is 34.4 Å². The van der Waals surface area contributed by atoms with Crippen LogP contribution >= 0.6 is 28.7 Å². The number of ether oxygens (including phenoxy) is 1. The zero-order valence-corrected chi connectivity index (χ0v) is 10.8. The molecule has 1 aromatic heterocycles. The Morgan fingerprint density at radius 2 is 2.25 bits per heavy atom. The number of anilines is 1. The SMILES string of the molecule is Nc1cccc(Br)c1COc1ccn(S)n1. The minimum absolute atomic E-state index is 0.373. The lowest BCUT2D eigenvalue weighted by Gasteiger charge is -2.08. The van der Waals surface area contributed by atoms with E-state index < -0.39 is 0 Å². The van der Waals surface area contributed by atoms with Crippen LogP contribution < -0.4 is 10.5 Å². The molecule has 0 spiro atoms. The Labute approximate surface area is 107 Å². The monoisotopic (exact) mass is 299 g/mol. The average molecular weight is 300 g/mol. The van der Waals surface area contributed by atoms with E-state index in [1.54, 1.807) is 12.3 Å². The molecule has 2 aromatic rings. The van der Waals surface area contributed by atoms with Crippen LogP contribution in [0, 0.1) is 0 Å². The lowest BCUT2D eigenvalue weighted by atomic mass is 10.2. The van der Waals surface area contributed by atoms with Gasteiger partial charge in [0.1, 0.15) is 6.61 Å². The van der Waals surface area contributed by atoms with Crippen molar-refractivity contribution < 1.29 is 4.74 Å². The normalized spacial score (nSPS) is 10.4. The highest BCUT2D eigenvalue weighted by molar-refractivity contribution is 9.10. The second-order valence-electron chi connectivity index (χ2n) is 3.17. The van der Waals surface area contributed by atoms with Crippen molar-refractivity contribution in [3.63, 3.8) is 0 Å². The Hall–Kier alpha value is -1.14. The van der Waals surface area contributed by atoms with Crippen molar-refractivity contribution in [2.45, 2.75) is 6.61 Å². The quantitative estimate of drug-likeness (QED) is 0.676. The van der Waals surface area contributed by atoms with Crippen LogP contribution in [0.15, 0.2) is 34.9 Å². The van der Waals surface area contributed by atoms with Crippen LogP contribution in [-0.2, 0) is 6.61 Å². The minimum Gasteiger partial charge on any atom is -0.472 e. The fourth-order valence-corrected chi connectivity index (χ4v) is 1.90. The number of nitrogens with two attached hydrogens (primary N) is 1. The number of benzene rings is 1. The Balaban J connectivity index is 2.10. The lowest BCUT2D eigenvalue weighted by Crippen LogP contribution is -2.01. The van der Waals surface area contributed by atoms with Gasteiger partial charge in [0.05, 0.1) is 0 Å². The number of aromatic nitrogens is 2. The first-order valence-electron chi connectivity index (χ1n) is 4.57. The van der Waals surface area contributed by atoms with Gasteiger partial charge in [-0.15, -0.1) is 5.10 Å². The Kier molecular flexibility index (Phi) is 3.40. The number of hydrogen-bond donors (Lipinski definition) is 2. The largest absolute Gasteiger partial charge is 0.472 e. The van der Waals surface area contributed by atoms with Gasteiger partial charge >= 0.3 is 0 Å². The molecule has 2 N–H and O–H groups in total. The van der Waals surface area contributed by atoms with E-state index in [2.05, 4.69) is 33.8 Å². The highest BCUT2D eigenvalue weighted by Crippen LogP contribution is 2.23. The number of rotatable bonds is 3. The number of hydrogen-bond acceptors (Lipinski definition) is 4. The first kappa shape index (κ1) is 11.3. The predicted octanol–water partition coefficient (Wildman–Crippen LogP) is 2.50. The summed E-state index contributed by atoms with van der Waals surface area (Å²) in [6.45, 7) is 0.373. The van der Waals surface area contributed by atoms with Gasteiger partial charge in [-0.3, -0.25) is 0 Å². The number of nitrogen functional groups attached to an aromatic ring is 1. The molecule has 0 atom stereocenters. The number of nitrogens with zero attached hydrogens (tertiary/aromatic N) is 2. The summed E-state index contributed by atoms with van der Waals surface area (Å²) < 4.78 is 7.80. The van der Waals surface area contributed by atoms with Crippen molar-refractivity contribution in [3.05, 3.63) is 40.5 Å². The van der Waals surface area contributed by atoms with E-state index in [0.29, 0.717) is 18.2 Å². The molecule has 0 aliphatic heterocycles. The highest BCUT2D eigenvalue weighted by atomic mass is 79.9. The van der Waals surface area contributed by atoms with E-state index in [4.69, 9.17) is 10.5 Å². The molecule has 0 unspecified atom stereocenters. The molecule has 0 fully saturated rings. The maximum atomic E-state index is 5.84. The smallest absolute Gasteiger partial charge is 0.234 e. The zero-order chi connectivity index (χ0) is 11.5. The zero-order valence-electron chi connectivity index (χ0n) is 8.30. The van der Waals surface area contributed by atoms with Gasteiger partial charge in [0.15, 0.2) is 0 Å². The predicted molar refractivity (Wildman–Crippen MR) is 69.5 cm³/mol. The van der Waals surface area contributed by atoms with Gasteiger partial charge in [0, 0.05) is 28.0 Å². The molecule has 0 amide bonds. The average Bonchev–Trinajstić information content (AvgIpc) is 2.63. The van der Waals surface area contributed by atoms with Gasteiger partial charge in [-0.25, -0.2) is 4.09 Å². The van der Waals surface area contributed by atoms with Crippen LogP contribution in [-0.4, -0.2) is 9.19 Å². The van der Waals surface area contributed by atoms with E-state index in [9.17, 15) is 0 Å². The first-order valence-corrected chi connectivity index (χ1v) is 5.76. The molecule has 0 aliphatic rings. The van der Waals surface area contributed by atoms with E-state index >= 15 is 0 Å². The highest BCUT2D eigenvalue weighted by Gasteiger charge is 2.06. The summed E-state index contributed by atoms with van der Waals surface area (Å²) in [5, 5.41) is 3.99. The summed E-state index contributed by atoms with van der Waals surface area (Å²) in [6, 6.07) is 7.37. The topological polar surface area (TPSA) is 53.1 Å². The molecule has 1 aromatic carbocycles. The Morgan fingerprint density at radius 3 is 2.88 bits per heavy atom. The molecule has 0 aliphatic carbocycles. The van der Waals surface area contributed by atoms with Crippen LogP contribution in [0.3, 0.4) is 0 Å². The van der Waals surface area contributed by atoms with Crippen molar-refractivity contribution in [1.82, 2.24) is 9.19 Å². The van der Waals surface area contributed by atoms with Gasteiger partial charge in [-0.1, -0.05) is 22.0 Å². The third-order valence-corrected chi connectivity index (χ3v) is 3.04. The second kappa shape index (κ2) is 4.80. The molecule has 1 heterocycles. The summed E-state index contributed by atoms with van der Waals surface area (Å²) >= 11 is 7.44. The van der Waals surface area contributed by atoms with Gasteiger partial charge in [-0.05, 0) is 24.9 Å². The van der Waals surface area contributed by atoms with Crippen molar-refractivity contribution in [2.24, 2.45) is 0 Å². The van der Waals surface area contributed by atoms with Crippen molar-refractivity contribution in [3.8, 4) is 5.88 Å². The summed E-state index contributed by atoms with van der Waals surface area (Å²) in [7, 11) is 0. The fourth-order valence-electron chi connectivity index (χ4n) is 1.25. The van der Waals surface area contributed by atoms with Crippen molar-refractivity contribution in [1.29, 1.82) is 0 Å². The second-order valence-corrected chi connectivity index (χ2v) is 4.43. The number of halogens is 1. The van der Waals surface area contributed by atoms with Gasteiger partial charge in [-0.2, -0.15) is 0 Å². The molecule has 0 saturated carbocycles. The van der Waals surface area contributed by atoms with Gasteiger partial charge in [0.2, 0.25) is 5.88 Å².